The molecule has 0 radical (unpaired) electrons. The number of carbonyl (C=O) groups excluding carboxylic acids is 2. The summed E-state index contributed by atoms with van der Waals surface area (Å²) in [6, 6.07) is 4.35. The molecule has 2 unspecified atom stereocenters. The van der Waals surface area contributed by atoms with Crippen molar-refractivity contribution in [3.8, 4) is 0 Å². The summed E-state index contributed by atoms with van der Waals surface area (Å²) in [5, 5.41) is 13.2. The molecule has 0 fully saturated rings. The van der Waals surface area contributed by atoms with Crippen LogP contribution in [0.15, 0.2) is 18.2 Å². The van der Waals surface area contributed by atoms with Crippen LogP contribution in [0.4, 0.5) is 0 Å². The molecule has 1 aromatic carbocycles. The number of aliphatic hydroxyl groups is 1. The first-order chi connectivity index (χ1) is 10.0. The Hall–Kier alpha value is -1.30. The fourth-order valence-corrected chi connectivity index (χ4v) is 2.80. The van der Waals surface area contributed by atoms with E-state index in [-0.39, 0.29) is 11.5 Å². The van der Waals surface area contributed by atoms with Crippen molar-refractivity contribution in [2.75, 3.05) is 0 Å². The van der Waals surface area contributed by atoms with E-state index in [0.717, 1.165) is 0 Å². The molecule has 22 heavy (non-hydrogen) atoms. The Morgan fingerprint density at radius 1 is 1.27 bits per heavy atom. The second-order valence-corrected chi connectivity index (χ2v) is 6.76. The molecule has 7 heteroatoms. The van der Waals surface area contributed by atoms with Crippen molar-refractivity contribution in [1.82, 2.24) is 5.32 Å². The third-order valence-corrected chi connectivity index (χ3v) is 3.64. The summed E-state index contributed by atoms with van der Waals surface area (Å²) in [4.78, 5) is 23.9. The highest BCUT2D eigenvalue weighted by atomic mass is 35.5. The fraction of sp³-hybridized carbons (Fsp3) is 0.467. The molecule has 0 aliphatic carbocycles. The molecule has 2 amide bonds. The van der Waals surface area contributed by atoms with Crippen molar-refractivity contribution < 1.29 is 14.7 Å². The zero-order chi connectivity index (χ0) is 17.1. The molecule has 1 rings (SSSR count). The number of carbonyl (C=O) groups is 2. The molecule has 0 spiro atoms. The SMILES string of the molecule is CC(C)CC(C)(NC(=O)C(O)c1cc(Cl)cc(Cl)c1)C(N)=O. The first kappa shape index (κ1) is 18.7. The molecule has 0 aliphatic heterocycles. The summed E-state index contributed by atoms with van der Waals surface area (Å²) in [5.41, 5.74) is 4.38. The van der Waals surface area contributed by atoms with E-state index in [2.05, 4.69) is 5.32 Å². The van der Waals surface area contributed by atoms with E-state index in [1.807, 2.05) is 13.8 Å². The van der Waals surface area contributed by atoms with Gasteiger partial charge in [-0.05, 0) is 43.0 Å². The van der Waals surface area contributed by atoms with Crippen molar-refractivity contribution in [2.45, 2.75) is 38.8 Å². The van der Waals surface area contributed by atoms with E-state index in [0.29, 0.717) is 16.5 Å². The molecule has 4 N–H and O–H groups in total. The van der Waals surface area contributed by atoms with Gasteiger partial charge in [0.25, 0.3) is 5.91 Å². The van der Waals surface area contributed by atoms with Crippen LogP contribution in [0.2, 0.25) is 10.0 Å². The second-order valence-electron chi connectivity index (χ2n) is 5.89. The van der Waals surface area contributed by atoms with Gasteiger partial charge in [-0.15, -0.1) is 0 Å². The largest absolute Gasteiger partial charge is 0.378 e. The van der Waals surface area contributed by atoms with Crippen LogP contribution < -0.4 is 11.1 Å². The van der Waals surface area contributed by atoms with E-state index >= 15 is 0 Å². The standard InChI is InChI=1S/C15H20Cl2N2O3/c1-8(2)7-15(3,14(18)22)19-13(21)12(20)9-4-10(16)6-11(17)5-9/h4-6,8,12,20H,7H2,1-3H3,(H2,18,22)(H,19,21). The highest BCUT2D eigenvalue weighted by molar-refractivity contribution is 6.34. The smallest absolute Gasteiger partial charge is 0.254 e. The quantitative estimate of drug-likeness (QED) is 0.738. The summed E-state index contributed by atoms with van der Waals surface area (Å²) >= 11 is 11.7. The lowest BCUT2D eigenvalue weighted by molar-refractivity contribution is -0.136. The van der Waals surface area contributed by atoms with Gasteiger partial charge in [0.1, 0.15) is 5.54 Å². The van der Waals surface area contributed by atoms with Crippen LogP contribution in [0.3, 0.4) is 0 Å². The second kappa shape index (κ2) is 7.31. The summed E-state index contributed by atoms with van der Waals surface area (Å²) in [6.45, 7) is 5.34. The van der Waals surface area contributed by atoms with Gasteiger partial charge in [0, 0.05) is 10.0 Å². The number of hydrogen-bond donors (Lipinski definition) is 3. The lowest BCUT2D eigenvalue weighted by Crippen LogP contribution is -2.57. The maximum Gasteiger partial charge on any atom is 0.254 e. The Morgan fingerprint density at radius 2 is 1.77 bits per heavy atom. The number of aliphatic hydroxyl groups excluding tert-OH is 1. The van der Waals surface area contributed by atoms with Gasteiger partial charge in [-0.25, -0.2) is 0 Å². The van der Waals surface area contributed by atoms with Crippen molar-refractivity contribution >= 4 is 35.0 Å². The number of rotatable bonds is 6. The van der Waals surface area contributed by atoms with E-state index in [9.17, 15) is 14.7 Å². The lowest BCUT2D eigenvalue weighted by atomic mass is 9.89. The fourth-order valence-electron chi connectivity index (χ4n) is 2.25. The van der Waals surface area contributed by atoms with Crippen molar-refractivity contribution in [3.63, 3.8) is 0 Å². The van der Waals surface area contributed by atoms with Gasteiger partial charge in [-0.3, -0.25) is 9.59 Å². The molecule has 0 saturated heterocycles. The van der Waals surface area contributed by atoms with Crippen molar-refractivity contribution in [1.29, 1.82) is 0 Å². The zero-order valence-corrected chi connectivity index (χ0v) is 14.2. The topological polar surface area (TPSA) is 92.4 Å². The first-order valence-electron chi connectivity index (χ1n) is 6.81. The third kappa shape index (κ3) is 4.87. The average molecular weight is 347 g/mol. The summed E-state index contributed by atoms with van der Waals surface area (Å²) in [7, 11) is 0. The number of nitrogens with one attached hydrogen (secondary N) is 1. The number of halogens is 2. The van der Waals surface area contributed by atoms with Crippen LogP contribution in [0.1, 0.15) is 38.9 Å². The van der Waals surface area contributed by atoms with Crippen LogP contribution in [0.25, 0.3) is 0 Å². The van der Waals surface area contributed by atoms with E-state index < -0.39 is 23.5 Å². The molecule has 5 nitrogen and oxygen atoms in total. The van der Waals surface area contributed by atoms with Crippen LogP contribution in [-0.2, 0) is 9.59 Å². The third-order valence-electron chi connectivity index (χ3n) is 3.21. The van der Waals surface area contributed by atoms with E-state index in [1.165, 1.54) is 25.1 Å². The molecule has 2 atom stereocenters. The molecule has 0 bridgehead atoms. The number of amides is 2. The van der Waals surface area contributed by atoms with Crippen molar-refractivity contribution in [2.24, 2.45) is 11.7 Å². The normalized spacial score (nSPS) is 15.2. The predicted octanol–water partition coefficient (Wildman–Crippen LogP) is 2.43. The molecular weight excluding hydrogens is 327 g/mol. The van der Waals surface area contributed by atoms with Crippen molar-refractivity contribution in [3.05, 3.63) is 33.8 Å². The van der Waals surface area contributed by atoms with Gasteiger partial charge in [0.2, 0.25) is 5.91 Å². The minimum Gasteiger partial charge on any atom is -0.378 e. The number of hydrogen-bond acceptors (Lipinski definition) is 3. The highest BCUT2D eigenvalue weighted by Crippen LogP contribution is 2.25. The predicted molar refractivity (Wildman–Crippen MR) is 86.6 cm³/mol. The van der Waals surface area contributed by atoms with Gasteiger partial charge in [-0.2, -0.15) is 0 Å². The van der Waals surface area contributed by atoms with Gasteiger partial charge in [0.15, 0.2) is 6.10 Å². The van der Waals surface area contributed by atoms with Gasteiger partial charge in [0.05, 0.1) is 0 Å². The molecule has 122 valence electrons. The Balaban J connectivity index is 2.96. The minimum absolute atomic E-state index is 0.135. The van der Waals surface area contributed by atoms with Crippen LogP contribution >= 0.6 is 23.2 Å². The summed E-state index contributed by atoms with van der Waals surface area (Å²) in [6.07, 6.45) is -1.14. The molecular formula is C15H20Cl2N2O3. The Morgan fingerprint density at radius 3 is 2.18 bits per heavy atom. The summed E-state index contributed by atoms with van der Waals surface area (Å²) < 4.78 is 0. The van der Waals surface area contributed by atoms with Gasteiger partial charge in [-0.1, -0.05) is 37.0 Å². The average Bonchev–Trinajstić information content (AvgIpc) is 2.35. The number of benzene rings is 1. The van der Waals surface area contributed by atoms with E-state index in [4.69, 9.17) is 28.9 Å². The van der Waals surface area contributed by atoms with Gasteiger partial charge < -0.3 is 16.2 Å². The molecule has 0 aromatic heterocycles. The number of nitrogens with two attached hydrogens (primary N) is 1. The summed E-state index contributed by atoms with van der Waals surface area (Å²) in [5.74, 6) is -1.26. The molecule has 1 aromatic rings. The van der Waals surface area contributed by atoms with Crippen LogP contribution in [0.5, 0.6) is 0 Å². The Labute approximate surface area is 139 Å². The molecule has 0 aliphatic rings. The zero-order valence-electron chi connectivity index (χ0n) is 12.7. The highest BCUT2D eigenvalue weighted by Gasteiger charge is 2.35. The Bertz CT molecular complexity index is 558. The first-order valence-corrected chi connectivity index (χ1v) is 7.56. The lowest BCUT2D eigenvalue weighted by Gasteiger charge is -2.30. The van der Waals surface area contributed by atoms with Crippen LogP contribution in [0, 0.1) is 5.92 Å². The maximum absolute atomic E-state index is 12.2. The minimum atomic E-state index is -1.50. The van der Waals surface area contributed by atoms with Gasteiger partial charge >= 0.3 is 0 Å². The Kier molecular flexibility index (Phi) is 6.23. The van der Waals surface area contributed by atoms with E-state index in [1.54, 1.807) is 0 Å². The molecule has 0 heterocycles. The maximum atomic E-state index is 12.2. The molecule has 0 saturated carbocycles. The van der Waals surface area contributed by atoms with Crippen LogP contribution in [-0.4, -0.2) is 22.5 Å². The monoisotopic (exact) mass is 346 g/mol. The number of primary amides is 1.